The zero-order valence-corrected chi connectivity index (χ0v) is 10.5. The van der Waals surface area contributed by atoms with Crippen molar-refractivity contribution < 1.29 is 9.59 Å². The number of piperidine rings is 1. The third-order valence-corrected chi connectivity index (χ3v) is 3.45. The number of primary amides is 1. The summed E-state index contributed by atoms with van der Waals surface area (Å²) in [5.41, 5.74) is 10.7. The zero-order chi connectivity index (χ0) is 12.8. The van der Waals surface area contributed by atoms with Gasteiger partial charge in [0.1, 0.15) is 0 Å². The lowest BCUT2D eigenvalue weighted by Gasteiger charge is -2.37. The van der Waals surface area contributed by atoms with Crippen molar-refractivity contribution in [3.8, 4) is 0 Å². The largest absolute Gasteiger partial charge is 0.369 e. The molecule has 1 saturated heterocycles. The average molecular weight is 241 g/mol. The molecule has 2 atom stereocenters. The highest BCUT2D eigenvalue weighted by molar-refractivity contribution is 5.80. The van der Waals surface area contributed by atoms with Crippen molar-refractivity contribution in [1.82, 2.24) is 4.90 Å². The molecule has 0 bridgehead atoms. The molecule has 98 valence electrons. The second kappa shape index (κ2) is 6.59. The van der Waals surface area contributed by atoms with E-state index in [1.807, 2.05) is 6.92 Å². The molecule has 0 saturated carbocycles. The van der Waals surface area contributed by atoms with Crippen LogP contribution < -0.4 is 11.5 Å². The molecule has 17 heavy (non-hydrogen) atoms. The number of likely N-dealkylation sites (tertiary alicyclic amines) is 1. The van der Waals surface area contributed by atoms with Gasteiger partial charge >= 0.3 is 0 Å². The SMILES string of the molecule is CC1CCC(C(N)=O)CN1C(=O)CCCCN. The molecule has 0 aromatic heterocycles. The highest BCUT2D eigenvalue weighted by atomic mass is 16.2. The molecule has 1 aliphatic heterocycles. The van der Waals surface area contributed by atoms with Crippen LogP contribution in [0.2, 0.25) is 0 Å². The van der Waals surface area contributed by atoms with Gasteiger partial charge in [0.25, 0.3) is 0 Å². The Bertz CT molecular complexity index is 281. The standard InChI is InChI=1S/C12H23N3O2/c1-9-5-6-10(12(14)17)8-15(9)11(16)4-2-3-7-13/h9-10H,2-8,13H2,1H3,(H2,14,17). The van der Waals surface area contributed by atoms with Crippen LogP contribution in [0.15, 0.2) is 0 Å². The molecule has 0 aromatic carbocycles. The van der Waals surface area contributed by atoms with Crippen LogP contribution in [0.1, 0.15) is 39.0 Å². The van der Waals surface area contributed by atoms with Gasteiger partial charge in [0.2, 0.25) is 11.8 Å². The van der Waals surface area contributed by atoms with Crippen molar-refractivity contribution in [2.75, 3.05) is 13.1 Å². The van der Waals surface area contributed by atoms with Crippen molar-refractivity contribution in [2.45, 2.75) is 45.1 Å². The van der Waals surface area contributed by atoms with E-state index in [-0.39, 0.29) is 23.8 Å². The topological polar surface area (TPSA) is 89.4 Å². The molecular weight excluding hydrogens is 218 g/mol. The Morgan fingerprint density at radius 1 is 1.29 bits per heavy atom. The van der Waals surface area contributed by atoms with Gasteiger partial charge in [-0.05, 0) is 39.2 Å². The first-order valence-corrected chi connectivity index (χ1v) is 6.35. The van der Waals surface area contributed by atoms with E-state index in [9.17, 15) is 9.59 Å². The third kappa shape index (κ3) is 4.00. The molecule has 2 unspecified atom stereocenters. The summed E-state index contributed by atoms with van der Waals surface area (Å²) in [4.78, 5) is 24.9. The monoisotopic (exact) mass is 241 g/mol. The molecule has 1 aliphatic rings. The second-order valence-electron chi connectivity index (χ2n) is 4.82. The Kier molecular flexibility index (Phi) is 5.41. The first-order chi connectivity index (χ1) is 8.06. The number of carbonyl (C=O) groups excluding carboxylic acids is 2. The number of rotatable bonds is 5. The Morgan fingerprint density at radius 2 is 2.00 bits per heavy atom. The molecule has 1 fully saturated rings. The van der Waals surface area contributed by atoms with Crippen molar-refractivity contribution >= 4 is 11.8 Å². The van der Waals surface area contributed by atoms with Gasteiger partial charge in [0, 0.05) is 19.0 Å². The van der Waals surface area contributed by atoms with Gasteiger partial charge in [0.15, 0.2) is 0 Å². The fourth-order valence-corrected chi connectivity index (χ4v) is 2.25. The minimum absolute atomic E-state index is 0.122. The summed E-state index contributed by atoms with van der Waals surface area (Å²) in [6.07, 6.45) is 3.86. The Morgan fingerprint density at radius 3 is 2.59 bits per heavy atom. The van der Waals surface area contributed by atoms with Crippen LogP contribution in [0.4, 0.5) is 0 Å². The number of nitrogens with zero attached hydrogens (tertiary/aromatic N) is 1. The maximum absolute atomic E-state index is 12.0. The van der Waals surface area contributed by atoms with Crippen LogP contribution in [-0.2, 0) is 9.59 Å². The summed E-state index contributed by atoms with van der Waals surface area (Å²) in [6.45, 7) is 3.13. The van der Waals surface area contributed by atoms with Gasteiger partial charge in [-0.3, -0.25) is 9.59 Å². The molecule has 5 heteroatoms. The summed E-state index contributed by atoms with van der Waals surface area (Å²) in [5.74, 6) is -0.349. The van der Waals surface area contributed by atoms with Gasteiger partial charge in [-0.25, -0.2) is 0 Å². The normalized spacial score (nSPS) is 24.7. The lowest BCUT2D eigenvalue weighted by Crippen LogP contribution is -2.48. The molecule has 4 N–H and O–H groups in total. The first kappa shape index (κ1) is 14.0. The minimum atomic E-state index is -0.295. The van der Waals surface area contributed by atoms with Crippen molar-refractivity contribution in [3.05, 3.63) is 0 Å². The van der Waals surface area contributed by atoms with E-state index in [0.29, 0.717) is 19.5 Å². The lowest BCUT2D eigenvalue weighted by molar-refractivity contribution is -0.137. The smallest absolute Gasteiger partial charge is 0.222 e. The van der Waals surface area contributed by atoms with Gasteiger partial charge in [-0.2, -0.15) is 0 Å². The third-order valence-electron chi connectivity index (χ3n) is 3.45. The Hall–Kier alpha value is -1.10. The van der Waals surface area contributed by atoms with E-state index in [1.165, 1.54) is 0 Å². The van der Waals surface area contributed by atoms with Crippen molar-refractivity contribution in [1.29, 1.82) is 0 Å². The zero-order valence-electron chi connectivity index (χ0n) is 10.5. The van der Waals surface area contributed by atoms with Crippen LogP contribution >= 0.6 is 0 Å². The van der Waals surface area contributed by atoms with E-state index in [2.05, 4.69) is 0 Å². The van der Waals surface area contributed by atoms with Gasteiger partial charge in [-0.1, -0.05) is 0 Å². The van der Waals surface area contributed by atoms with Crippen molar-refractivity contribution in [3.63, 3.8) is 0 Å². The molecule has 2 amide bonds. The molecule has 0 aromatic rings. The molecule has 0 radical (unpaired) electrons. The van der Waals surface area contributed by atoms with Crippen LogP contribution in [0.5, 0.6) is 0 Å². The number of nitrogens with two attached hydrogens (primary N) is 2. The molecule has 1 heterocycles. The lowest BCUT2D eigenvalue weighted by atomic mass is 9.92. The van der Waals surface area contributed by atoms with E-state index < -0.39 is 0 Å². The van der Waals surface area contributed by atoms with Crippen LogP contribution in [0.25, 0.3) is 0 Å². The van der Waals surface area contributed by atoms with Crippen LogP contribution in [-0.4, -0.2) is 35.8 Å². The predicted octanol–water partition coefficient (Wildman–Crippen LogP) is 0.228. The molecule has 0 spiro atoms. The maximum Gasteiger partial charge on any atom is 0.222 e. The predicted molar refractivity (Wildman–Crippen MR) is 66.0 cm³/mol. The number of carbonyl (C=O) groups is 2. The first-order valence-electron chi connectivity index (χ1n) is 6.35. The van der Waals surface area contributed by atoms with Gasteiger partial charge in [0.05, 0.1) is 5.92 Å². The van der Waals surface area contributed by atoms with E-state index in [0.717, 1.165) is 25.7 Å². The summed E-state index contributed by atoms with van der Waals surface area (Å²) in [5, 5.41) is 0. The van der Waals surface area contributed by atoms with E-state index in [1.54, 1.807) is 4.90 Å². The van der Waals surface area contributed by atoms with Crippen molar-refractivity contribution in [2.24, 2.45) is 17.4 Å². The highest BCUT2D eigenvalue weighted by Gasteiger charge is 2.30. The average Bonchev–Trinajstić information content (AvgIpc) is 2.29. The minimum Gasteiger partial charge on any atom is -0.369 e. The van der Waals surface area contributed by atoms with E-state index >= 15 is 0 Å². The fraction of sp³-hybridized carbons (Fsp3) is 0.833. The van der Waals surface area contributed by atoms with E-state index in [4.69, 9.17) is 11.5 Å². The fourth-order valence-electron chi connectivity index (χ4n) is 2.25. The number of amides is 2. The number of hydrogen-bond donors (Lipinski definition) is 2. The molecule has 0 aliphatic carbocycles. The Balaban J connectivity index is 2.48. The summed E-state index contributed by atoms with van der Waals surface area (Å²) in [6, 6.07) is 0.218. The number of unbranched alkanes of at least 4 members (excludes halogenated alkanes) is 1. The highest BCUT2D eigenvalue weighted by Crippen LogP contribution is 2.22. The van der Waals surface area contributed by atoms with Gasteiger partial charge < -0.3 is 16.4 Å². The number of hydrogen-bond acceptors (Lipinski definition) is 3. The quantitative estimate of drug-likeness (QED) is 0.675. The van der Waals surface area contributed by atoms with Gasteiger partial charge in [-0.15, -0.1) is 0 Å². The Labute approximate surface area is 103 Å². The molecule has 1 rings (SSSR count). The van der Waals surface area contributed by atoms with Crippen LogP contribution in [0.3, 0.4) is 0 Å². The summed E-state index contributed by atoms with van der Waals surface area (Å²) < 4.78 is 0. The second-order valence-corrected chi connectivity index (χ2v) is 4.82. The molecule has 5 nitrogen and oxygen atoms in total. The molecular formula is C12H23N3O2. The summed E-state index contributed by atoms with van der Waals surface area (Å²) >= 11 is 0. The maximum atomic E-state index is 12.0. The van der Waals surface area contributed by atoms with Crippen LogP contribution in [0, 0.1) is 5.92 Å². The summed E-state index contributed by atoms with van der Waals surface area (Å²) in [7, 11) is 0.